The predicted molar refractivity (Wildman–Crippen MR) is 154 cm³/mol. The highest BCUT2D eigenvalue weighted by Crippen LogP contribution is 2.28. The van der Waals surface area contributed by atoms with Crippen LogP contribution >= 0.6 is 0 Å². The molecule has 0 aliphatic carbocycles. The maximum atomic E-state index is 13.4. The number of ether oxygens (including phenoxy) is 1. The van der Waals surface area contributed by atoms with Gasteiger partial charge in [0.05, 0.1) is 18.8 Å². The van der Waals surface area contributed by atoms with Crippen molar-refractivity contribution in [3.63, 3.8) is 0 Å². The highest BCUT2D eigenvalue weighted by molar-refractivity contribution is 5.89. The first kappa shape index (κ1) is 32.6. The molecule has 1 aliphatic heterocycles. The number of carbonyl (C=O) groups is 2. The third-order valence-corrected chi connectivity index (χ3v) is 6.80. The van der Waals surface area contributed by atoms with Gasteiger partial charge in [-0.05, 0) is 47.9 Å². The fourth-order valence-corrected chi connectivity index (χ4v) is 4.81. The Morgan fingerprint density at radius 2 is 1.26 bits per heavy atom. The Bertz CT molecular complexity index is 1220. The molecule has 8 nitrogen and oxygen atoms in total. The SMILES string of the molecule is C[C@@H](O)[C@H](c1ccccc1)N1CCN(CCOC(c2ccc(F)cc2)c2ccc(F)cc2)CC1.O=C(O)/C=C/C(=O)O. The molecule has 1 aliphatic rings. The Hall–Kier alpha value is -3.96. The molecule has 3 N–H and O–H groups in total. The van der Waals surface area contributed by atoms with Crippen molar-refractivity contribution >= 4 is 11.9 Å². The average Bonchev–Trinajstić information content (AvgIpc) is 2.97. The molecule has 0 bridgehead atoms. The summed E-state index contributed by atoms with van der Waals surface area (Å²) in [6.45, 7) is 6.61. The average molecular weight is 583 g/mol. The lowest BCUT2D eigenvalue weighted by molar-refractivity contribution is -0.134. The van der Waals surface area contributed by atoms with Crippen molar-refractivity contribution in [2.24, 2.45) is 0 Å². The maximum absolute atomic E-state index is 13.4. The lowest BCUT2D eigenvalue weighted by atomic mass is 10.00. The van der Waals surface area contributed by atoms with E-state index < -0.39 is 18.0 Å². The van der Waals surface area contributed by atoms with E-state index in [1.54, 1.807) is 24.3 Å². The molecule has 1 heterocycles. The van der Waals surface area contributed by atoms with Crippen LogP contribution in [0.15, 0.2) is 91.0 Å². The smallest absolute Gasteiger partial charge is 0.328 e. The van der Waals surface area contributed by atoms with Gasteiger partial charge in [0.1, 0.15) is 17.7 Å². The maximum Gasteiger partial charge on any atom is 0.328 e. The molecular weight excluding hydrogens is 546 g/mol. The third-order valence-electron chi connectivity index (χ3n) is 6.80. The van der Waals surface area contributed by atoms with Gasteiger partial charge in [0.15, 0.2) is 0 Å². The second-order valence-corrected chi connectivity index (χ2v) is 9.84. The van der Waals surface area contributed by atoms with Crippen molar-refractivity contribution in [2.45, 2.75) is 25.2 Å². The first-order chi connectivity index (χ1) is 20.1. The van der Waals surface area contributed by atoms with E-state index in [9.17, 15) is 23.5 Å². The standard InChI is InChI=1S/C28H32F2N2O2.C4H4O4/c1-21(33)27(22-5-3-2-4-6-22)32-17-15-31(16-18-32)19-20-34-28(23-7-11-25(29)12-8-23)24-9-13-26(30)14-10-24;5-3(6)1-2-4(7)8/h2-14,21,27-28,33H,15-20H2,1H3;1-2H,(H,5,6)(H,7,8)/b;2-1+/t21-,27-;/m1./s1. The summed E-state index contributed by atoms with van der Waals surface area (Å²) < 4.78 is 33.1. The Balaban J connectivity index is 0.000000531. The molecule has 0 unspecified atom stereocenters. The van der Waals surface area contributed by atoms with E-state index in [2.05, 4.69) is 21.9 Å². The van der Waals surface area contributed by atoms with E-state index in [1.807, 2.05) is 25.1 Å². The van der Waals surface area contributed by atoms with E-state index in [-0.39, 0.29) is 23.8 Å². The zero-order valence-corrected chi connectivity index (χ0v) is 23.4. The van der Waals surface area contributed by atoms with Crippen LogP contribution in [0.2, 0.25) is 0 Å². The normalized spacial score (nSPS) is 15.6. The highest BCUT2D eigenvalue weighted by atomic mass is 19.1. The van der Waals surface area contributed by atoms with E-state index in [0.29, 0.717) is 18.8 Å². The second kappa shape index (κ2) is 16.5. The number of benzene rings is 3. The van der Waals surface area contributed by atoms with Gasteiger partial charge in [0.25, 0.3) is 0 Å². The molecule has 0 aromatic heterocycles. The van der Waals surface area contributed by atoms with Crippen molar-refractivity contribution in [3.05, 3.63) is 119 Å². The molecule has 42 heavy (non-hydrogen) atoms. The zero-order valence-electron chi connectivity index (χ0n) is 23.4. The first-order valence-electron chi connectivity index (χ1n) is 13.6. The Morgan fingerprint density at radius 1 is 0.786 bits per heavy atom. The van der Waals surface area contributed by atoms with Crippen molar-refractivity contribution in [2.75, 3.05) is 39.3 Å². The number of rotatable bonds is 11. The van der Waals surface area contributed by atoms with Gasteiger partial charge in [-0.3, -0.25) is 9.80 Å². The molecule has 10 heteroatoms. The van der Waals surface area contributed by atoms with Crippen LogP contribution in [0.5, 0.6) is 0 Å². The molecule has 0 radical (unpaired) electrons. The summed E-state index contributed by atoms with van der Waals surface area (Å²) in [6.07, 6.45) is 0.273. The van der Waals surface area contributed by atoms with Crippen molar-refractivity contribution in [1.82, 2.24) is 9.80 Å². The van der Waals surface area contributed by atoms with E-state index in [1.165, 1.54) is 24.3 Å². The number of carboxylic acids is 2. The molecule has 0 saturated carbocycles. The fourth-order valence-electron chi connectivity index (χ4n) is 4.81. The Labute approximate surface area is 244 Å². The number of aliphatic hydroxyl groups excluding tert-OH is 1. The number of hydrogen-bond acceptors (Lipinski definition) is 6. The van der Waals surface area contributed by atoms with Crippen LogP contribution in [-0.2, 0) is 14.3 Å². The summed E-state index contributed by atoms with van der Waals surface area (Å²) >= 11 is 0. The number of halogens is 2. The zero-order chi connectivity index (χ0) is 30.5. The van der Waals surface area contributed by atoms with Crippen molar-refractivity contribution in [3.8, 4) is 0 Å². The molecule has 2 atom stereocenters. The quantitative estimate of drug-likeness (QED) is 0.283. The van der Waals surface area contributed by atoms with Crippen LogP contribution < -0.4 is 0 Å². The Kier molecular flexibility index (Phi) is 12.8. The lowest BCUT2D eigenvalue weighted by Gasteiger charge is -2.40. The molecule has 1 fully saturated rings. The van der Waals surface area contributed by atoms with Crippen molar-refractivity contribution in [1.29, 1.82) is 0 Å². The van der Waals surface area contributed by atoms with Gasteiger partial charge in [-0.1, -0.05) is 54.6 Å². The van der Waals surface area contributed by atoms with Gasteiger partial charge >= 0.3 is 11.9 Å². The minimum Gasteiger partial charge on any atom is -0.478 e. The van der Waals surface area contributed by atoms with Crippen LogP contribution in [0.25, 0.3) is 0 Å². The minimum absolute atomic E-state index is 0.0130. The molecule has 3 aromatic rings. The first-order valence-corrected chi connectivity index (χ1v) is 13.6. The lowest BCUT2D eigenvalue weighted by Crippen LogP contribution is -2.50. The van der Waals surface area contributed by atoms with Gasteiger partial charge in [0.2, 0.25) is 0 Å². The number of hydrogen-bond donors (Lipinski definition) is 3. The van der Waals surface area contributed by atoms with E-state index >= 15 is 0 Å². The number of nitrogens with zero attached hydrogens (tertiary/aromatic N) is 2. The summed E-state index contributed by atoms with van der Waals surface area (Å²) in [5.41, 5.74) is 2.80. The number of aliphatic carboxylic acids is 2. The molecular formula is C32H36F2N2O6. The molecule has 3 aromatic carbocycles. The molecule has 224 valence electrons. The van der Waals surface area contributed by atoms with E-state index in [4.69, 9.17) is 14.9 Å². The number of carboxylic acid groups (broad SMARTS) is 2. The van der Waals surface area contributed by atoms with Crippen LogP contribution in [0.1, 0.15) is 35.8 Å². The second-order valence-electron chi connectivity index (χ2n) is 9.84. The third kappa shape index (κ3) is 10.5. The molecule has 1 saturated heterocycles. The molecule has 0 amide bonds. The van der Waals surface area contributed by atoms with Gasteiger partial charge in [0, 0.05) is 44.9 Å². The molecule has 4 rings (SSSR count). The Morgan fingerprint density at radius 3 is 1.69 bits per heavy atom. The largest absolute Gasteiger partial charge is 0.478 e. The topological polar surface area (TPSA) is 111 Å². The van der Waals surface area contributed by atoms with E-state index in [0.717, 1.165) is 49.4 Å². The summed E-state index contributed by atoms with van der Waals surface area (Å²) in [5.74, 6) is -3.12. The van der Waals surface area contributed by atoms with Gasteiger partial charge in [-0.25, -0.2) is 18.4 Å². The number of piperazine rings is 1. The summed E-state index contributed by atoms with van der Waals surface area (Å²) in [5, 5.41) is 26.0. The van der Waals surface area contributed by atoms with Crippen LogP contribution in [0, 0.1) is 11.6 Å². The van der Waals surface area contributed by atoms with Crippen molar-refractivity contribution < 1.29 is 38.4 Å². The highest BCUT2D eigenvalue weighted by Gasteiger charge is 2.28. The minimum atomic E-state index is -1.26. The van der Waals surface area contributed by atoms with Gasteiger partial charge in [-0.15, -0.1) is 0 Å². The van der Waals surface area contributed by atoms with Crippen LogP contribution in [-0.4, -0.2) is 82.5 Å². The fraction of sp³-hybridized carbons (Fsp3) is 0.312. The van der Waals surface area contributed by atoms with Crippen LogP contribution in [0.4, 0.5) is 8.78 Å². The van der Waals surface area contributed by atoms with Gasteiger partial charge in [-0.2, -0.15) is 0 Å². The molecule has 0 spiro atoms. The monoisotopic (exact) mass is 582 g/mol. The summed E-state index contributed by atoms with van der Waals surface area (Å²) in [4.78, 5) is 23.8. The van der Waals surface area contributed by atoms with Gasteiger partial charge < -0.3 is 20.1 Å². The van der Waals surface area contributed by atoms with Crippen LogP contribution in [0.3, 0.4) is 0 Å². The summed E-state index contributed by atoms with van der Waals surface area (Å²) in [6, 6.07) is 22.7. The number of aliphatic hydroxyl groups is 1. The summed E-state index contributed by atoms with van der Waals surface area (Å²) in [7, 11) is 0. The predicted octanol–water partition coefficient (Wildman–Crippen LogP) is 4.52.